The summed E-state index contributed by atoms with van der Waals surface area (Å²) in [5.41, 5.74) is 3.40. The third-order valence-corrected chi connectivity index (χ3v) is 6.51. The molecular formula is C25H21N5OS. The van der Waals surface area contributed by atoms with Crippen LogP contribution in [0.1, 0.15) is 17.0 Å². The van der Waals surface area contributed by atoms with Crippen LogP contribution < -0.4 is 16.2 Å². The maximum atomic E-state index is 13.0. The lowest BCUT2D eigenvalue weighted by molar-refractivity contribution is 0.655. The molecule has 1 fully saturated rings. The highest BCUT2D eigenvalue weighted by Crippen LogP contribution is 2.25. The van der Waals surface area contributed by atoms with E-state index in [9.17, 15) is 4.79 Å². The van der Waals surface area contributed by atoms with E-state index in [1.165, 1.54) is 10.1 Å². The van der Waals surface area contributed by atoms with Crippen molar-refractivity contribution in [1.29, 1.82) is 0 Å². The van der Waals surface area contributed by atoms with Crippen molar-refractivity contribution < 1.29 is 0 Å². The second kappa shape index (κ2) is 8.87. The molecule has 2 aromatic carbocycles. The van der Waals surface area contributed by atoms with Gasteiger partial charge in [0.2, 0.25) is 5.95 Å². The van der Waals surface area contributed by atoms with Gasteiger partial charge >= 0.3 is 0 Å². The molecule has 0 radical (unpaired) electrons. The van der Waals surface area contributed by atoms with Gasteiger partial charge in [-0.1, -0.05) is 36.3 Å². The van der Waals surface area contributed by atoms with E-state index < -0.39 is 0 Å². The Bertz CT molecular complexity index is 1350. The quantitative estimate of drug-likeness (QED) is 0.470. The fraction of sp³-hybridized carbons (Fsp3) is 0.160. The van der Waals surface area contributed by atoms with E-state index in [0.717, 1.165) is 23.9 Å². The second-order valence-corrected chi connectivity index (χ2v) is 8.59. The molecule has 0 bridgehead atoms. The van der Waals surface area contributed by atoms with Crippen LogP contribution in [0.3, 0.4) is 0 Å². The standard InChI is InChI=1S/C25H21N5OS/c1-2-17-12-19-14-27-25(29-23(19)30(24(17)31)22-6-4-3-5-7-22)28-21-10-8-18(9-11-21)20-13-26-16-32-15-20/h1,3-12,14,20,26H,13,15-16H2,(H,27,28,29). The molecule has 158 valence electrons. The second-order valence-electron chi connectivity index (χ2n) is 7.56. The fourth-order valence-corrected chi connectivity index (χ4v) is 4.80. The first kappa shape index (κ1) is 20.3. The number of rotatable bonds is 4. The summed E-state index contributed by atoms with van der Waals surface area (Å²) < 4.78 is 1.54. The molecule has 0 spiro atoms. The summed E-state index contributed by atoms with van der Waals surface area (Å²) in [6.07, 6.45) is 7.25. The fourth-order valence-electron chi connectivity index (χ4n) is 3.82. The van der Waals surface area contributed by atoms with Crippen molar-refractivity contribution in [2.45, 2.75) is 5.92 Å². The van der Waals surface area contributed by atoms with Gasteiger partial charge in [0.15, 0.2) is 5.65 Å². The van der Waals surface area contributed by atoms with Crippen molar-refractivity contribution in [1.82, 2.24) is 19.9 Å². The Labute approximate surface area is 190 Å². The van der Waals surface area contributed by atoms with Gasteiger partial charge in [-0.2, -0.15) is 4.98 Å². The number of fused-ring (bicyclic) bond motifs is 1. The van der Waals surface area contributed by atoms with Crippen LogP contribution >= 0.6 is 11.8 Å². The molecule has 7 heteroatoms. The number of anilines is 2. The van der Waals surface area contributed by atoms with Gasteiger partial charge in [-0.3, -0.25) is 9.36 Å². The predicted molar refractivity (Wildman–Crippen MR) is 131 cm³/mol. The summed E-state index contributed by atoms with van der Waals surface area (Å²) in [5.74, 6) is 5.56. The van der Waals surface area contributed by atoms with Crippen molar-refractivity contribution in [3.8, 4) is 18.0 Å². The van der Waals surface area contributed by atoms with Gasteiger partial charge in [0.25, 0.3) is 5.56 Å². The van der Waals surface area contributed by atoms with Crippen molar-refractivity contribution in [3.05, 3.63) is 88.3 Å². The van der Waals surface area contributed by atoms with E-state index in [4.69, 9.17) is 6.42 Å². The number of hydrogen-bond donors (Lipinski definition) is 2. The average molecular weight is 440 g/mol. The molecule has 1 unspecified atom stereocenters. The third-order valence-electron chi connectivity index (χ3n) is 5.46. The number of terminal acetylenes is 1. The SMILES string of the molecule is C#Cc1cc2cnc(Nc3ccc(C4CNCSC4)cc3)nc2n(-c2ccccc2)c1=O. The molecule has 1 saturated heterocycles. The topological polar surface area (TPSA) is 71.8 Å². The van der Waals surface area contributed by atoms with Crippen LogP contribution in [0.2, 0.25) is 0 Å². The molecule has 32 heavy (non-hydrogen) atoms. The van der Waals surface area contributed by atoms with E-state index >= 15 is 0 Å². The Hall–Kier alpha value is -3.60. The van der Waals surface area contributed by atoms with Gasteiger partial charge in [-0.25, -0.2) is 4.98 Å². The van der Waals surface area contributed by atoms with Gasteiger partial charge in [-0.05, 0) is 35.9 Å². The average Bonchev–Trinajstić information content (AvgIpc) is 2.85. The number of nitrogens with one attached hydrogen (secondary N) is 2. The minimum atomic E-state index is -0.279. The zero-order chi connectivity index (χ0) is 21.9. The number of nitrogens with zero attached hydrogens (tertiary/aromatic N) is 3. The van der Waals surface area contributed by atoms with Gasteiger partial charge in [0, 0.05) is 41.4 Å². The summed E-state index contributed by atoms with van der Waals surface area (Å²) in [4.78, 5) is 22.1. The van der Waals surface area contributed by atoms with Gasteiger partial charge < -0.3 is 10.6 Å². The molecule has 0 saturated carbocycles. The summed E-state index contributed by atoms with van der Waals surface area (Å²) in [6.45, 7) is 1.00. The normalized spacial score (nSPS) is 15.9. The van der Waals surface area contributed by atoms with Crippen molar-refractivity contribution in [2.24, 2.45) is 0 Å². The smallest absolute Gasteiger partial charge is 0.272 e. The number of aromatic nitrogens is 3. The molecule has 3 heterocycles. The number of thioether (sulfide) groups is 1. The minimum absolute atomic E-state index is 0.275. The lowest BCUT2D eigenvalue weighted by Crippen LogP contribution is -2.28. The van der Waals surface area contributed by atoms with Crippen LogP contribution in [-0.2, 0) is 0 Å². The molecule has 2 N–H and O–H groups in total. The molecule has 6 nitrogen and oxygen atoms in total. The zero-order valence-electron chi connectivity index (χ0n) is 17.3. The third kappa shape index (κ3) is 3.98. The molecule has 1 aliphatic heterocycles. The van der Waals surface area contributed by atoms with Crippen LogP contribution in [0.5, 0.6) is 0 Å². The molecule has 1 aliphatic rings. The predicted octanol–water partition coefficient (Wildman–Crippen LogP) is 3.88. The summed E-state index contributed by atoms with van der Waals surface area (Å²) >= 11 is 1.92. The number of benzene rings is 2. The molecule has 0 amide bonds. The Morgan fingerprint density at radius 2 is 1.97 bits per heavy atom. The summed E-state index contributed by atoms with van der Waals surface area (Å²) in [5, 5.41) is 7.38. The first-order chi connectivity index (χ1) is 15.7. The molecule has 0 aliphatic carbocycles. The van der Waals surface area contributed by atoms with E-state index in [1.807, 2.05) is 54.2 Å². The van der Waals surface area contributed by atoms with Crippen molar-refractivity contribution >= 4 is 34.4 Å². The summed E-state index contributed by atoms with van der Waals surface area (Å²) in [6, 6.07) is 19.4. The van der Waals surface area contributed by atoms with Crippen molar-refractivity contribution in [2.75, 3.05) is 23.5 Å². The monoisotopic (exact) mass is 439 g/mol. The lowest BCUT2D eigenvalue weighted by Gasteiger charge is -2.22. The Morgan fingerprint density at radius 1 is 1.16 bits per heavy atom. The Balaban J connectivity index is 1.50. The van der Waals surface area contributed by atoms with E-state index in [1.54, 1.807) is 12.3 Å². The Morgan fingerprint density at radius 3 is 2.69 bits per heavy atom. The van der Waals surface area contributed by atoms with Crippen LogP contribution in [0.25, 0.3) is 16.7 Å². The molecule has 2 aromatic heterocycles. The molecular weight excluding hydrogens is 418 g/mol. The maximum absolute atomic E-state index is 13.0. The number of pyridine rings is 1. The minimum Gasteiger partial charge on any atom is -0.324 e. The van der Waals surface area contributed by atoms with Gasteiger partial charge in [0.1, 0.15) is 0 Å². The van der Waals surface area contributed by atoms with Crippen LogP contribution in [0, 0.1) is 12.3 Å². The highest BCUT2D eigenvalue weighted by atomic mass is 32.2. The number of para-hydroxylation sites is 1. The van der Waals surface area contributed by atoms with Crippen LogP contribution in [0.15, 0.2) is 71.7 Å². The highest BCUT2D eigenvalue weighted by Gasteiger charge is 2.16. The molecule has 5 rings (SSSR count). The van der Waals surface area contributed by atoms with Crippen molar-refractivity contribution in [3.63, 3.8) is 0 Å². The number of hydrogen-bond acceptors (Lipinski definition) is 6. The van der Waals surface area contributed by atoms with E-state index in [0.29, 0.717) is 28.6 Å². The summed E-state index contributed by atoms with van der Waals surface area (Å²) in [7, 11) is 0. The maximum Gasteiger partial charge on any atom is 0.272 e. The van der Waals surface area contributed by atoms with E-state index in [-0.39, 0.29) is 11.1 Å². The lowest BCUT2D eigenvalue weighted by atomic mass is 10.0. The Kier molecular flexibility index (Phi) is 5.63. The van der Waals surface area contributed by atoms with Gasteiger partial charge in [-0.15, -0.1) is 18.2 Å². The van der Waals surface area contributed by atoms with E-state index in [2.05, 4.69) is 38.7 Å². The highest BCUT2D eigenvalue weighted by molar-refractivity contribution is 7.99. The molecule has 4 aromatic rings. The first-order valence-electron chi connectivity index (χ1n) is 10.3. The zero-order valence-corrected chi connectivity index (χ0v) is 18.1. The van der Waals surface area contributed by atoms with Crippen LogP contribution in [-0.4, -0.2) is 32.7 Å². The largest absolute Gasteiger partial charge is 0.324 e. The van der Waals surface area contributed by atoms with Gasteiger partial charge in [0.05, 0.1) is 11.3 Å². The first-order valence-corrected chi connectivity index (χ1v) is 11.5. The van der Waals surface area contributed by atoms with Crippen LogP contribution in [0.4, 0.5) is 11.6 Å². The molecule has 1 atom stereocenters.